The van der Waals surface area contributed by atoms with Crippen LogP contribution in [0.1, 0.15) is 22.8 Å². The van der Waals surface area contributed by atoms with Gasteiger partial charge in [0.1, 0.15) is 0 Å². The maximum atomic E-state index is 11.1. The molecule has 0 aliphatic heterocycles. The van der Waals surface area contributed by atoms with Crippen molar-refractivity contribution in [2.45, 2.75) is 13.3 Å². The number of hydrogen-bond donors (Lipinski definition) is 0. The Morgan fingerprint density at radius 2 is 1.92 bits per heavy atom. The van der Waals surface area contributed by atoms with Crippen LogP contribution in [-0.2, 0) is 11.2 Å². The van der Waals surface area contributed by atoms with Gasteiger partial charge in [-0.1, -0.05) is 0 Å². The molecule has 0 bridgehead atoms. The molecule has 1 aromatic carbocycles. The molecule has 1 aromatic rings. The molecule has 3 heteroatoms. The zero-order chi connectivity index (χ0) is 9.84. The maximum absolute atomic E-state index is 11.1. The number of Topliss-reactive ketones (excluding diaryl/α,β-unsaturated/α-hetero) is 1. The molecular formula is C10H9O2Se. The average Bonchev–Trinajstić information content (AvgIpc) is 2.03. The number of rotatable bonds is 3. The molecule has 67 valence electrons. The van der Waals surface area contributed by atoms with Crippen molar-refractivity contribution >= 4 is 26.5 Å². The Balaban J connectivity index is 3.04. The number of ketones is 1. The summed E-state index contributed by atoms with van der Waals surface area (Å²) in [4.78, 5) is 21.9. The van der Waals surface area contributed by atoms with Crippen LogP contribution in [-0.4, -0.2) is 26.5 Å². The molecule has 0 heterocycles. The second-order valence-electron chi connectivity index (χ2n) is 2.82. The molecular weight excluding hydrogens is 231 g/mol. The van der Waals surface area contributed by atoms with Gasteiger partial charge in [-0.25, -0.2) is 0 Å². The molecule has 0 atom stereocenters. The standard InChI is InChI=1S/C10H9O2Se/c1-7(11)6-8-4-2-3-5-9(8)10(12)13/h2-5H,6H2,1H3. The molecule has 0 saturated heterocycles. The van der Waals surface area contributed by atoms with Crippen molar-refractivity contribution in [2.24, 2.45) is 0 Å². The summed E-state index contributed by atoms with van der Waals surface area (Å²) < 4.78 is -0.114. The van der Waals surface area contributed by atoms with Crippen LogP contribution in [0.25, 0.3) is 0 Å². The van der Waals surface area contributed by atoms with E-state index in [-0.39, 0.29) is 10.5 Å². The Morgan fingerprint density at radius 3 is 2.46 bits per heavy atom. The van der Waals surface area contributed by atoms with Crippen LogP contribution in [0.2, 0.25) is 0 Å². The average molecular weight is 240 g/mol. The summed E-state index contributed by atoms with van der Waals surface area (Å²) in [6.07, 6.45) is 0.323. The van der Waals surface area contributed by atoms with Crippen LogP contribution in [0.4, 0.5) is 0 Å². The van der Waals surface area contributed by atoms with Crippen LogP contribution < -0.4 is 0 Å². The molecule has 0 N–H and O–H groups in total. The third-order valence-corrected chi connectivity index (χ3v) is 2.14. The molecule has 0 amide bonds. The predicted molar refractivity (Wildman–Crippen MR) is 50.9 cm³/mol. The second-order valence-corrected chi connectivity index (χ2v) is 3.60. The van der Waals surface area contributed by atoms with E-state index < -0.39 is 0 Å². The van der Waals surface area contributed by atoms with Gasteiger partial charge in [0.05, 0.1) is 0 Å². The minimum absolute atomic E-state index is 0.0636. The molecule has 1 rings (SSSR count). The fourth-order valence-electron chi connectivity index (χ4n) is 1.14. The molecule has 0 fully saturated rings. The Hall–Kier alpha value is -0.921. The SMILES string of the molecule is CC(=O)Cc1ccccc1C(=O)[Se]. The normalized spacial score (nSPS) is 9.62. The van der Waals surface area contributed by atoms with Crippen molar-refractivity contribution in [3.63, 3.8) is 0 Å². The monoisotopic (exact) mass is 241 g/mol. The quantitative estimate of drug-likeness (QED) is 0.742. The fourth-order valence-corrected chi connectivity index (χ4v) is 1.56. The first-order valence-electron chi connectivity index (χ1n) is 3.90. The van der Waals surface area contributed by atoms with Gasteiger partial charge in [0.15, 0.2) is 0 Å². The van der Waals surface area contributed by atoms with E-state index in [0.29, 0.717) is 12.0 Å². The number of carbonyl (C=O) groups excluding carboxylic acids is 2. The topological polar surface area (TPSA) is 34.1 Å². The van der Waals surface area contributed by atoms with E-state index in [2.05, 4.69) is 16.0 Å². The van der Waals surface area contributed by atoms with Crippen molar-refractivity contribution in [1.82, 2.24) is 0 Å². The zero-order valence-corrected chi connectivity index (χ0v) is 8.95. The molecule has 0 aliphatic rings. The molecule has 0 aromatic heterocycles. The molecule has 13 heavy (non-hydrogen) atoms. The van der Waals surface area contributed by atoms with Crippen LogP contribution in [0.3, 0.4) is 0 Å². The van der Waals surface area contributed by atoms with Crippen LogP contribution in [0.15, 0.2) is 24.3 Å². The van der Waals surface area contributed by atoms with Crippen molar-refractivity contribution < 1.29 is 9.59 Å². The summed E-state index contributed by atoms with van der Waals surface area (Å²) in [7, 11) is 0. The van der Waals surface area contributed by atoms with Crippen molar-refractivity contribution in [1.29, 1.82) is 0 Å². The van der Waals surface area contributed by atoms with Gasteiger partial charge in [0, 0.05) is 0 Å². The Kier molecular flexibility index (Phi) is 3.40. The van der Waals surface area contributed by atoms with Gasteiger partial charge in [-0.15, -0.1) is 0 Å². The zero-order valence-electron chi connectivity index (χ0n) is 7.24. The minimum atomic E-state index is -0.114. The number of benzene rings is 1. The van der Waals surface area contributed by atoms with Gasteiger partial charge >= 0.3 is 84.8 Å². The van der Waals surface area contributed by atoms with Crippen LogP contribution >= 0.6 is 0 Å². The van der Waals surface area contributed by atoms with Crippen LogP contribution in [0.5, 0.6) is 0 Å². The van der Waals surface area contributed by atoms with Gasteiger partial charge in [-0.3, -0.25) is 0 Å². The molecule has 0 aliphatic carbocycles. The van der Waals surface area contributed by atoms with E-state index in [0.717, 1.165) is 5.56 Å². The van der Waals surface area contributed by atoms with E-state index in [4.69, 9.17) is 0 Å². The van der Waals surface area contributed by atoms with Crippen molar-refractivity contribution in [3.8, 4) is 0 Å². The molecule has 0 spiro atoms. The van der Waals surface area contributed by atoms with Gasteiger partial charge < -0.3 is 0 Å². The summed E-state index contributed by atoms with van der Waals surface area (Å²) in [6.45, 7) is 1.51. The summed E-state index contributed by atoms with van der Waals surface area (Å²) >= 11 is 2.42. The summed E-state index contributed by atoms with van der Waals surface area (Å²) in [5, 5.41) is 0. The van der Waals surface area contributed by atoms with Gasteiger partial charge in [-0.2, -0.15) is 0 Å². The molecule has 1 radical (unpaired) electrons. The van der Waals surface area contributed by atoms with E-state index in [9.17, 15) is 9.59 Å². The molecule has 2 nitrogen and oxygen atoms in total. The van der Waals surface area contributed by atoms with Gasteiger partial charge in [0.2, 0.25) is 0 Å². The Morgan fingerprint density at radius 1 is 1.31 bits per heavy atom. The third kappa shape index (κ3) is 2.79. The Bertz CT molecular complexity index is 345. The predicted octanol–water partition coefficient (Wildman–Crippen LogP) is 1.13. The first kappa shape index (κ1) is 10.2. The molecule has 0 unspecified atom stereocenters. The summed E-state index contributed by atoms with van der Waals surface area (Å²) in [5.74, 6) is 0.0636. The first-order chi connectivity index (χ1) is 6.11. The van der Waals surface area contributed by atoms with Crippen molar-refractivity contribution in [3.05, 3.63) is 35.4 Å². The van der Waals surface area contributed by atoms with E-state index >= 15 is 0 Å². The fraction of sp³-hybridized carbons (Fsp3) is 0.200. The summed E-state index contributed by atoms with van der Waals surface area (Å²) in [6, 6.07) is 7.13. The number of hydrogen-bond acceptors (Lipinski definition) is 2. The van der Waals surface area contributed by atoms with E-state index in [1.165, 1.54) is 6.92 Å². The number of carbonyl (C=O) groups is 2. The molecule has 0 saturated carbocycles. The third-order valence-electron chi connectivity index (χ3n) is 1.68. The van der Waals surface area contributed by atoms with Crippen molar-refractivity contribution in [2.75, 3.05) is 0 Å². The first-order valence-corrected chi connectivity index (χ1v) is 4.75. The van der Waals surface area contributed by atoms with Gasteiger partial charge in [0.25, 0.3) is 0 Å². The Labute approximate surface area is 85.1 Å². The van der Waals surface area contributed by atoms with Crippen LogP contribution in [0, 0.1) is 0 Å². The van der Waals surface area contributed by atoms with Gasteiger partial charge in [-0.05, 0) is 0 Å². The summed E-state index contributed by atoms with van der Waals surface area (Å²) in [5.41, 5.74) is 1.39. The second kappa shape index (κ2) is 4.35. The van der Waals surface area contributed by atoms with E-state index in [1.807, 2.05) is 6.07 Å². The van der Waals surface area contributed by atoms with E-state index in [1.54, 1.807) is 18.2 Å².